The van der Waals surface area contributed by atoms with Gasteiger partial charge in [0.25, 0.3) is 5.91 Å². The van der Waals surface area contributed by atoms with Crippen molar-refractivity contribution in [3.8, 4) is 17.1 Å². The van der Waals surface area contributed by atoms with Crippen LogP contribution in [0.4, 0.5) is 11.5 Å². The number of nitrogens with zero attached hydrogens (tertiary/aromatic N) is 3. The second-order valence-electron chi connectivity index (χ2n) is 7.71. The van der Waals surface area contributed by atoms with Crippen LogP contribution in [0.15, 0.2) is 78.9 Å². The highest BCUT2D eigenvalue weighted by Crippen LogP contribution is 2.28. The fourth-order valence-electron chi connectivity index (χ4n) is 3.71. The molecule has 0 unspecified atom stereocenters. The molecule has 7 nitrogen and oxygen atoms in total. The standard InChI is InChI=1S/C26H24N4O3/c31-24(30-14-16-32-17-15-30)18-33-21-12-10-20(11-13-21)27-26-22-8-4-5-9-23(22)28-25(29-26)19-6-2-1-3-7-19/h1-13H,14-18H2,(H,27,28,29). The molecule has 1 aromatic heterocycles. The Morgan fingerprint density at radius 1 is 0.909 bits per heavy atom. The molecule has 0 saturated carbocycles. The molecule has 33 heavy (non-hydrogen) atoms. The third kappa shape index (κ3) is 4.94. The summed E-state index contributed by atoms with van der Waals surface area (Å²) in [5, 5.41) is 4.34. The Balaban J connectivity index is 1.32. The smallest absolute Gasteiger partial charge is 0.260 e. The van der Waals surface area contributed by atoms with E-state index in [9.17, 15) is 4.79 Å². The molecule has 1 saturated heterocycles. The maximum atomic E-state index is 12.3. The van der Waals surface area contributed by atoms with Gasteiger partial charge in [0.1, 0.15) is 11.6 Å². The first-order valence-corrected chi connectivity index (χ1v) is 10.9. The number of para-hydroxylation sites is 1. The predicted molar refractivity (Wildman–Crippen MR) is 128 cm³/mol. The van der Waals surface area contributed by atoms with E-state index < -0.39 is 0 Å². The van der Waals surface area contributed by atoms with Crippen molar-refractivity contribution in [3.05, 3.63) is 78.9 Å². The van der Waals surface area contributed by atoms with Crippen molar-refractivity contribution < 1.29 is 14.3 Å². The predicted octanol–water partition coefficient (Wildman–Crippen LogP) is 4.28. The highest BCUT2D eigenvalue weighted by atomic mass is 16.5. The molecule has 4 aromatic rings. The number of anilines is 2. The first-order valence-electron chi connectivity index (χ1n) is 10.9. The summed E-state index contributed by atoms with van der Waals surface area (Å²) in [5.74, 6) is 2.01. The van der Waals surface area contributed by atoms with Gasteiger partial charge in [0.05, 0.1) is 18.7 Å². The van der Waals surface area contributed by atoms with Crippen molar-refractivity contribution in [2.75, 3.05) is 38.2 Å². The van der Waals surface area contributed by atoms with Gasteiger partial charge in [-0.2, -0.15) is 0 Å². The van der Waals surface area contributed by atoms with Crippen molar-refractivity contribution in [2.24, 2.45) is 0 Å². The number of benzene rings is 3. The average molecular weight is 441 g/mol. The van der Waals surface area contributed by atoms with Gasteiger partial charge >= 0.3 is 0 Å². The zero-order valence-corrected chi connectivity index (χ0v) is 18.1. The molecule has 166 valence electrons. The minimum atomic E-state index is -0.0265. The minimum Gasteiger partial charge on any atom is -0.484 e. The summed E-state index contributed by atoms with van der Waals surface area (Å²) in [6, 6.07) is 25.4. The van der Waals surface area contributed by atoms with Gasteiger partial charge in [-0.05, 0) is 36.4 Å². The first kappa shape index (κ1) is 20.9. The second-order valence-corrected chi connectivity index (χ2v) is 7.71. The van der Waals surface area contributed by atoms with Crippen molar-refractivity contribution in [2.45, 2.75) is 0 Å². The van der Waals surface area contributed by atoms with Crippen LogP contribution in [0.5, 0.6) is 5.75 Å². The summed E-state index contributed by atoms with van der Waals surface area (Å²) < 4.78 is 11.0. The van der Waals surface area contributed by atoms with E-state index in [0.29, 0.717) is 37.9 Å². The van der Waals surface area contributed by atoms with Crippen molar-refractivity contribution >= 4 is 28.3 Å². The fraction of sp³-hybridized carbons (Fsp3) is 0.192. The third-order valence-corrected chi connectivity index (χ3v) is 5.48. The molecule has 0 atom stereocenters. The highest BCUT2D eigenvalue weighted by molar-refractivity contribution is 5.92. The number of aromatic nitrogens is 2. The minimum absolute atomic E-state index is 0.0176. The molecule has 1 aliphatic rings. The van der Waals surface area contributed by atoms with E-state index in [0.717, 1.165) is 28.0 Å². The van der Waals surface area contributed by atoms with Crippen LogP contribution in [0.2, 0.25) is 0 Å². The number of rotatable bonds is 6. The van der Waals surface area contributed by atoms with Crippen LogP contribution in [0.3, 0.4) is 0 Å². The lowest BCUT2D eigenvalue weighted by Crippen LogP contribution is -2.42. The second kappa shape index (κ2) is 9.67. The monoisotopic (exact) mass is 440 g/mol. The zero-order chi connectivity index (χ0) is 22.5. The van der Waals surface area contributed by atoms with Gasteiger partial charge in [-0.15, -0.1) is 0 Å². The van der Waals surface area contributed by atoms with Gasteiger partial charge in [0.15, 0.2) is 12.4 Å². The lowest BCUT2D eigenvalue weighted by Gasteiger charge is -2.26. The molecule has 1 N–H and O–H groups in total. The van der Waals surface area contributed by atoms with Crippen molar-refractivity contribution in [3.63, 3.8) is 0 Å². The van der Waals surface area contributed by atoms with Crippen LogP contribution >= 0.6 is 0 Å². The van der Waals surface area contributed by atoms with E-state index >= 15 is 0 Å². The van der Waals surface area contributed by atoms with E-state index in [1.807, 2.05) is 78.9 Å². The number of amides is 1. The Morgan fingerprint density at radius 3 is 2.42 bits per heavy atom. The molecule has 1 amide bonds. The Bertz CT molecular complexity index is 1240. The number of morpholine rings is 1. The SMILES string of the molecule is O=C(COc1ccc(Nc2nc(-c3ccccc3)nc3ccccc23)cc1)N1CCOCC1. The summed E-state index contributed by atoms with van der Waals surface area (Å²) in [6.45, 7) is 2.40. The summed E-state index contributed by atoms with van der Waals surface area (Å²) in [7, 11) is 0. The number of ether oxygens (including phenoxy) is 2. The summed E-state index contributed by atoms with van der Waals surface area (Å²) >= 11 is 0. The molecular weight excluding hydrogens is 416 g/mol. The first-order chi connectivity index (χ1) is 16.3. The molecule has 0 aliphatic carbocycles. The molecule has 1 fully saturated rings. The molecule has 0 spiro atoms. The quantitative estimate of drug-likeness (QED) is 0.482. The van der Waals surface area contributed by atoms with Gasteiger partial charge < -0.3 is 19.7 Å². The van der Waals surface area contributed by atoms with Gasteiger partial charge in [-0.1, -0.05) is 42.5 Å². The fourth-order valence-corrected chi connectivity index (χ4v) is 3.71. The van der Waals surface area contributed by atoms with E-state index in [4.69, 9.17) is 19.4 Å². The average Bonchev–Trinajstić information content (AvgIpc) is 2.89. The number of carbonyl (C=O) groups excluding carboxylic acids is 1. The van der Waals surface area contributed by atoms with Crippen LogP contribution < -0.4 is 10.1 Å². The Kier molecular flexibility index (Phi) is 6.12. The van der Waals surface area contributed by atoms with Crippen LogP contribution in [0.25, 0.3) is 22.3 Å². The Morgan fingerprint density at radius 2 is 1.64 bits per heavy atom. The van der Waals surface area contributed by atoms with Crippen LogP contribution in [-0.2, 0) is 9.53 Å². The summed E-state index contributed by atoms with van der Waals surface area (Å²) in [5.41, 5.74) is 2.69. The Hall–Kier alpha value is -3.97. The van der Waals surface area contributed by atoms with Crippen molar-refractivity contribution in [1.82, 2.24) is 14.9 Å². The summed E-state index contributed by atoms with van der Waals surface area (Å²) in [6.07, 6.45) is 0. The normalized spacial score (nSPS) is 13.6. The number of carbonyl (C=O) groups is 1. The van der Waals surface area contributed by atoms with Gasteiger partial charge in [-0.3, -0.25) is 4.79 Å². The van der Waals surface area contributed by atoms with Crippen LogP contribution in [0.1, 0.15) is 0 Å². The highest BCUT2D eigenvalue weighted by Gasteiger charge is 2.17. The molecule has 5 rings (SSSR count). The van der Waals surface area contributed by atoms with Gasteiger partial charge in [0, 0.05) is 29.7 Å². The van der Waals surface area contributed by atoms with Crippen LogP contribution in [-0.4, -0.2) is 53.7 Å². The molecule has 0 radical (unpaired) electrons. The van der Waals surface area contributed by atoms with Crippen molar-refractivity contribution in [1.29, 1.82) is 0 Å². The largest absolute Gasteiger partial charge is 0.484 e. The number of hydrogen-bond acceptors (Lipinski definition) is 6. The number of fused-ring (bicyclic) bond motifs is 1. The molecular formula is C26H24N4O3. The summed E-state index contributed by atoms with van der Waals surface area (Å²) in [4.78, 5) is 23.6. The number of nitrogens with one attached hydrogen (secondary N) is 1. The Labute approximate surface area is 192 Å². The number of hydrogen-bond donors (Lipinski definition) is 1. The lowest BCUT2D eigenvalue weighted by molar-refractivity contribution is -0.137. The topological polar surface area (TPSA) is 76.6 Å². The molecule has 2 heterocycles. The molecule has 7 heteroatoms. The molecule has 0 bridgehead atoms. The molecule has 1 aliphatic heterocycles. The van der Waals surface area contributed by atoms with Gasteiger partial charge in [0.2, 0.25) is 0 Å². The van der Waals surface area contributed by atoms with E-state index in [2.05, 4.69) is 5.32 Å². The van der Waals surface area contributed by atoms with E-state index in [-0.39, 0.29) is 12.5 Å². The van der Waals surface area contributed by atoms with Gasteiger partial charge in [-0.25, -0.2) is 9.97 Å². The van der Waals surface area contributed by atoms with Crippen LogP contribution in [0, 0.1) is 0 Å². The zero-order valence-electron chi connectivity index (χ0n) is 18.1. The van der Waals surface area contributed by atoms with E-state index in [1.54, 1.807) is 4.90 Å². The van der Waals surface area contributed by atoms with E-state index in [1.165, 1.54) is 0 Å². The third-order valence-electron chi connectivity index (χ3n) is 5.48. The lowest BCUT2D eigenvalue weighted by atomic mass is 10.2. The maximum Gasteiger partial charge on any atom is 0.260 e. The molecule has 3 aromatic carbocycles. The maximum absolute atomic E-state index is 12.3.